The van der Waals surface area contributed by atoms with Gasteiger partial charge in [0, 0.05) is 18.3 Å². The molecular formula is C20H23N3O3. The summed E-state index contributed by atoms with van der Waals surface area (Å²) in [7, 11) is 1.53. The monoisotopic (exact) mass is 353 g/mol. The quantitative estimate of drug-likeness (QED) is 0.835. The number of rotatable bonds is 6. The van der Waals surface area contributed by atoms with Crippen molar-refractivity contribution in [2.45, 2.75) is 13.8 Å². The number of aryl methyl sites for hydroxylation is 2. The summed E-state index contributed by atoms with van der Waals surface area (Å²) >= 11 is 0. The molecule has 0 aliphatic carbocycles. The van der Waals surface area contributed by atoms with Crippen molar-refractivity contribution in [3.63, 3.8) is 0 Å². The summed E-state index contributed by atoms with van der Waals surface area (Å²) in [6.45, 7) is 3.57. The molecule has 0 saturated carbocycles. The van der Waals surface area contributed by atoms with Gasteiger partial charge < -0.3 is 15.5 Å². The maximum Gasteiger partial charge on any atom is 0.251 e. The Morgan fingerprint density at radius 1 is 0.923 bits per heavy atom. The van der Waals surface area contributed by atoms with Crippen molar-refractivity contribution in [3.8, 4) is 0 Å². The molecule has 2 aromatic carbocycles. The molecule has 26 heavy (non-hydrogen) atoms. The van der Waals surface area contributed by atoms with Crippen LogP contribution in [-0.4, -0.2) is 42.8 Å². The molecule has 3 amide bonds. The second-order valence-electron chi connectivity index (χ2n) is 6.11. The molecule has 136 valence electrons. The van der Waals surface area contributed by atoms with Crippen molar-refractivity contribution in [3.05, 3.63) is 65.2 Å². The van der Waals surface area contributed by atoms with E-state index in [2.05, 4.69) is 10.6 Å². The number of nitrogens with one attached hydrogen (secondary N) is 2. The average molecular weight is 353 g/mol. The third-order valence-electron chi connectivity index (χ3n) is 3.99. The first-order valence-electron chi connectivity index (χ1n) is 8.31. The minimum atomic E-state index is -0.342. The largest absolute Gasteiger partial charge is 0.343 e. The molecule has 0 fully saturated rings. The molecule has 6 heteroatoms. The first-order chi connectivity index (χ1) is 12.4. The summed E-state index contributed by atoms with van der Waals surface area (Å²) in [4.78, 5) is 37.6. The van der Waals surface area contributed by atoms with E-state index in [4.69, 9.17) is 0 Å². The zero-order valence-corrected chi connectivity index (χ0v) is 15.2. The van der Waals surface area contributed by atoms with Crippen LogP contribution in [0.1, 0.15) is 21.5 Å². The summed E-state index contributed by atoms with van der Waals surface area (Å²) in [5.74, 6) is -0.953. The molecule has 2 rings (SSSR count). The zero-order valence-electron chi connectivity index (χ0n) is 15.2. The van der Waals surface area contributed by atoms with Gasteiger partial charge in [-0.15, -0.1) is 0 Å². The SMILES string of the molecule is Cc1cccc(C)c1NC(=O)CN(C)C(=O)CNC(=O)c1ccccc1. The van der Waals surface area contributed by atoms with Gasteiger partial charge in [0.1, 0.15) is 0 Å². The third kappa shape index (κ3) is 5.17. The first-order valence-corrected chi connectivity index (χ1v) is 8.31. The summed E-state index contributed by atoms with van der Waals surface area (Å²) in [5.41, 5.74) is 3.16. The fourth-order valence-corrected chi connectivity index (χ4v) is 2.48. The summed E-state index contributed by atoms with van der Waals surface area (Å²) in [6, 6.07) is 14.4. The highest BCUT2D eigenvalue weighted by Crippen LogP contribution is 2.19. The van der Waals surface area contributed by atoms with Crippen LogP contribution < -0.4 is 10.6 Å². The highest BCUT2D eigenvalue weighted by molar-refractivity contribution is 5.98. The molecule has 0 saturated heterocycles. The third-order valence-corrected chi connectivity index (χ3v) is 3.99. The zero-order chi connectivity index (χ0) is 19.1. The Kier molecular flexibility index (Phi) is 6.49. The normalized spacial score (nSPS) is 10.1. The minimum Gasteiger partial charge on any atom is -0.343 e. The lowest BCUT2D eigenvalue weighted by molar-refractivity contribution is -0.132. The van der Waals surface area contributed by atoms with E-state index in [-0.39, 0.29) is 30.8 Å². The van der Waals surface area contributed by atoms with E-state index in [1.807, 2.05) is 38.1 Å². The number of benzene rings is 2. The Bertz CT molecular complexity index is 783. The van der Waals surface area contributed by atoms with Gasteiger partial charge in [-0.2, -0.15) is 0 Å². The van der Waals surface area contributed by atoms with Crippen LogP contribution in [0, 0.1) is 13.8 Å². The molecule has 2 aromatic rings. The number of carbonyl (C=O) groups excluding carboxylic acids is 3. The molecule has 0 spiro atoms. The molecule has 2 N–H and O–H groups in total. The van der Waals surface area contributed by atoms with E-state index in [1.54, 1.807) is 24.3 Å². The number of para-hydroxylation sites is 1. The van der Waals surface area contributed by atoms with Gasteiger partial charge in [-0.3, -0.25) is 14.4 Å². The Balaban J connectivity index is 1.84. The number of anilines is 1. The molecule has 0 radical (unpaired) electrons. The van der Waals surface area contributed by atoms with Crippen molar-refractivity contribution in [2.75, 3.05) is 25.5 Å². The molecule has 0 aromatic heterocycles. The summed E-state index contributed by atoms with van der Waals surface area (Å²) < 4.78 is 0. The molecule has 0 aliphatic heterocycles. The van der Waals surface area contributed by atoms with E-state index < -0.39 is 0 Å². The lowest BCUT2D eigenvalue weighted by Gasteiger charge is -2.18. The second-order valence-corrected chi connectivity index (χ2v) is 6.11. The van der Waals surface area contributed by atoms with Gasteiger partial charge in [0.05, 0.1) is 13.1 Å². The fraction of sp³-hybridized carbons (Fsp3) is 0.250. The molecule has 0 bridgehead atoms. The van der Waals surface area contributed by atoms with E-state index in [0.717, 1.165) is 16.8 Å². The van der Waals surface area contributed by atoms with Crippen molar-refractivity contribution in [1.29, 1.82) is 0 Å². The number of carbonyl (C=O) groups is 3. The van der Waals surface area contributed by atoms with Crippen molar-refractivity contribution >= 4 is 23.4 Å². The predicted octanol–water partition coefficient (Wildman–Crippen LogP) is 2.13. The van der Waals surface area contributed by atoms with E-state index in [1.165, 1.54) is 11.9 Å². The van der Waals surface area contributed by atoms with Crippen LogP contribution in [0.2, 0.25) is 0 Å². The molecule has 0 atom stereocenters. The molecule has 0 unspecified atom stereocenters. The fourth-order valence-electron chi connectivity index (χ4n) is 2.48. The molecular weight excluding hydrogens is 330 g/mol. The number of hydrogen-bond acceptors (Lipinski definition) is 3. The van der Waals surface area contributed by atoms with E-state index >= 15 is 0 Å². The summed E-state index contributed by atoms with van der Waals surface area (Å²) in [5, 5.41) is 5.39. The highest BCUT2D eigenvalue weighted by Gasteiger charge is 2.15. The number of amides is 3. The Morgan fingerprint density at radius 3 is 2.15 bits per heavy atom. The van der Waals surface area contributed by atoms with Crippen LogP contribution >= 0.6 is 0 Å². The van der Waals surface area contributed by atoms with Gasteiger partial charge in [0.2, 0.25) is 11.8 Å². The maximum absolute atomic E-state index is 12.2. The van der Waals surface area contributed by atoms with Crippen LogP contribution in [0.4, 0.5) is 5.69 Å². The van der Waals surface area contributed by atoms with Crippen LogP contribution in [0.15, 0.2) is 48.5 Å². The average Bonchev–Trinajstić information content (AvgIpc) is 2.63. The minimum absolute atomic E-state index is 0.0895. The Hall–Kier alpha value is -3.15. The maximum atomic E-state index is 12.2. The smallest absolute Gasteiger partial charge is 0.251 e. The highest BCUT2D eigenvalue weighted by atomic mass is 16.2. The number of nitrogens with zero attached hydrogens (tertiary/aromatic N) is 1. The Labute approximate surface area is 153 Å². The lowest BCUT2D eigenvalue weighted by Crippen LogP contribution is -2.41. The van der Waals surface area contributed by atoms with E-state index in [9.17, 15) is 14.4 Å². The predicted molar refractivity (Wildman–Crippen MR) is 101 cm³/mol. The van der Waals surface area contributed by atoms with Gasteiger partial charge in [-0.05, 0) is 37.1 Å². The van der Waals surface area contributed by atoms with Gasteiger partial charge in [0.15, 0.2) is 0 Å². The van der Waals surface area contributed by atoms with Gasteiger partial charge in [-0.1, -0.05) is 36.4 Å². The van der Waals surface area contributed by atoms with Crippen molar-refractivity contribution < 1.29 is 14.4 Å². The first kappa shape index (κ1) is 19.2. The van der Waals surface area contributed by atoms with Gasteiger partial charge in [0.25, 0.3) is 5.91 Å². The number of likely N-dealkylation sites (N-methyl/N-ethyl adjacent to an activating group) is 1. The Morgan fingerprint density at radius 2 is 1.54 bits per heavy atom. The topological polar surface area (TPSA) is 78.5 Å². The van der Waals surface area contributed by atoms with Gasteiger partial charge in [-0.25, -0.2) is 0 Å². The van der Waals surface area contributed by atoms with Gasteiger partial charge >= 0.3 is 0 Å². The van der Waals surface area contributed by atoms with Crippen LogP contribution in [-0.2, 0) is 9.59 Å². The van der Waals surface area contributed by atoms with E-state index in [0.29, 0.717) is 5.56 Å². The van der Waals surface area contributed by atoms with Crippen LogP contribution in [0.25, 0.3) is 0 Å². The van der Waals surface area contributed by atoms with Crippen molar-refractivity contribution in [1.82, 2.24) is 10.2 Å². The second kappa shape index (κ2) is 8.80. The van der Waals surface area contributed by atoms with Crippen LogP contribution in [0.5, 0.6) is 0 Å². The lowest BCUT2D eigenvalue weighted by atomic mass is 10.1. The van der Waals surface area contributed by atoms with Crippen molar-refractivity contribution in [2.24, 2.45) is 0 Å². The standard InChI is InChI=1S/C20H23N3O3/c1-14-8-7-9-15(2)19(14)22-17(24)13-23(3)18(25)12-21-20(26)16-10-5-4-6-11-16/h4-11H,12-13H2,1-3H3,(H,21,26)(H,22,24). The van der Waals surface area contributed by atoms with Crippen LogP contribution in [0.3, 0.4) is 0 Å². The molecule has 0 heterocycles. The molecule has 6 nitrogen and oxygen atoms in total. The molecule has 0 aliphatic rings. The number of hydrogen-bond donors (Lipinski definition) is 2. The summed E-state index contributed by atoms with van der Waals surface area (Å²) in [6.07, 6.45) is 0.